The first-order valence-corrected chi connectivity index (χ1v) is 9.90. The Kier molecular flexibility index (Phi) is 6.79. The van der Waals surface area contributed by atoms with E-state index in [0.29, 0.717) is 18.5 Å². The van der Waals surface area contributed by atoms with Crippen molar-refractivity contribution in [1.29, 1.82) is 0 Å². The molecule has 0 spiro atoms. The highest BCUT2D eigenvalue weighted by molar-refractivity contribution is 5.80. The molecule has 1 aromatic heterocycles. The van der Waals surface area contributed by atoms with E-state index < -0.39 is 0 Å². The number of methoxy groups -OCH3 is 1. The minimum atomic E-state index is 0.326. The predicted octanol–water partition coefficient (Wildman–Crippen LogP) is 3.14. The molecule has 0 bridgehead atoms. The Morgan fingerprint density at radius 1 is 1.39 bits per heavy atom. The topological polar surface area (TPSA) is 74.9 Å². The molecule has 0 radical (unpaired) electrons. The van der Waals surface area contributed by atoms with Crippen LogP contribution in [0.25, 0.3) is 0 Å². The van der Waals surface area contributed by atoms with Crippen molar-refractivity contribution in [3.63, 3.8) is 0 Å². The van der Waals surface area contributed by atoms with Gasteiger partial charge in [0, 0.05) is 44.0 Å². The van der Waals surface area contributed by atoms with Crippen molar-refractivity contribution in [3.05, 3.63) is 41.8 Å². The van der Waals surface area contributed by atoms with Crippen LogP contribution in [0.4, 0.5) is 5.69 Å². The number of hydrogen-bond acceptors (Lipinski definition) is 5. The molecule has 1 aliphatic rings. The van der Waals surface area contributed by atoms with Gasteiger partial charge in [0.05, 0.1) is 19.3 Å². The Morgan fingerprint density at radius 3 is 2.96 bits per heavy atom. The summed E-state index contributed by atoms with van der Waals surface area (Å²) >= 11 is 0. The van der Waals surface area contributed by atoms with Crippen molar-refractivity contribution in [2.45, 2.75) is 45.2 Å². The Balaban J connectivity index is 1.55. The number of aliphatic imine (C=N–C) groups is 1. The lowest BCUT2D eigenvalue weighted by Gasteiger charge is -2.35. The SMILES string of the molecule is CN=C(NCc1cc(C(C)C)no1)NC1CCCN(c2cccc(OC)c2)C1. The second kappa shape index (κ2) is 9.48. The number of piperidine rings is 1. The number of ether oxygens (including phenoxy) is 1. The van der Waals surface area contributed by atoms with E-state index in [1.165, 1.54) is 5.69 Å². The monoisotopic (exact) mass is 385 g/mol. The molecule has 1 aromatic carbocycles. The van der Waals surface area contributed by atoms with Crippen LogP contribution in [0.5, 0.6) is 5.75 Å². The summed E-state index contributed by atoms with van der Waals surface area (Å²) in [6, 6.07) is 10.6. The maximum atomic E-state index is 5.39. The molecule has 7 heteroatoms. The van der Waals surface area contributed by atoms with Gasteiger partial charge in [-0.15, -0.1) is 0 Å². The maximum Gasteiger partial charge on any atom is 0.191 e. The van der Waals surface area contributed by atoms with E-state index in [1.54, 1.807) is 14.2 Å². The number of nitrogens with zero attached hydrogens (tertiary/aromatic N) is 3. The standard InChI is InChI=1S/C21H31N5O2/c1-15(2)20-12-19(28-25-20)13-23-21(22-3)24-16-7-6-10-26(14-16)17-8-5-9-18(11-17)27-4/h5,8-9,11-12,15-16H,6-7,10,13-14H2,1-4H3,(H2,22,23,24). The van der Waals surface area contributed by atoms with Crippen molar-refractivity contribution >= 4 is 11.6 Å². The molecular formula is C21H31N5O2. The van der Waals surface area contributed by atoms with Gasteiger partial charge in [-0.3, -0.25) is 4.99 Å². The molecule has 1 unspecified atom stereocenters. The third kappa shape index (κ3) is 5.18. The Morgan fingerprint density at radius 2 is 2.25 bits per heavy atom. The molecule has 3 rings (SSSR count). The van der Waals surface area contributed by atoms with Gasteiger partial charge in [-0.05, 0) is 30.9 Å². The summed E-state index contributed by atoms with van der Waals surface area (Å²) in [6.07, 6.45) is 2.24. The first-order valence-electron chi connectivity index (χ1n) is 9.90. The van der Waals surface area contributed by atoms with E-state index in [1.807, 2.05) is 18.2 Å². The van der Waals surface area contributed by atoms with Crippen molar-refractivity contribution in [2.24, 2.45) is 4.99 Å². The molecule has 152 valence electrons. The van der Waals surface area contributed by atoms with E-state index in [2.05, 4.69) is 51.7 Å². The fourth-order valence-corrected chi connectivity index (χ4v) is 3.38. The molecule has 0 amide bonds. The van der Waals surface area contributed by atoms with Crippen LogP contribution in [0.1, 0.15) is 44.1 Å². The fraction of sp³-hybridized carbons (Fsp3) is 0.524. The highest BCUT2D eigenvalue weighted by Gasteiger charge is 2.21. The molecule has 1 atom stereocenters. The maximum absolute atomic E-state index is 5.39. The summed E-state index contributed by atoms with van der Waals surface area (Å²) in [6.45, 7) is 6.74. The molecule has 28 heavy (non-hydrogen) atoms. The molecule has 2 aromatic rings. The van der Waals surface area contributed by atoms with E-state index >= 15 is 0 Å². The number of guanidine groups is 1. The normalized spacial score (nSPS) is 17.7. The van der Waals surface area contributed by atoms with Crippen LogP contribution >= 0.6 is 0 Å². The Labute approximate surface area is 167 Å². The van der Waals surface area contributed by atoms with Gasteiger partial charge in [0.1, 0.15) is 5.75 Å². The number of benzene rings is 1. The zero-order chi connectivity index (χ0) is 19.9. The van der Waals surface area contributed by atoms with Crippen LogP contribution in [0.2, 0.25) is 0 Å². The average molecular weight is 386 g/mol. The minimum Gasteiger partial charge on any atom is -0.497 e. The summed E-state index contributed by atoms with van der Waals surface area (Å²) in [5, 5.41) is 11.0. The van der Waals surface area contributed by atoms with Crippen LogP contribution in [0.3, 0.4) is 0 Å². The third-order valence-corrected chi connectivity index (χ3v) is 5.00. The van der Waals surface area contributed by atoms with E-state index in [-0.39, 0.29) is 0 Å². The van der Waals surface area contributed by atoms with Gasteiger partial charge in [-0.2, -0.15) is 0 Å². The second-order valence-electron chi connectivity index (χ2n) is 7.43. The number of aromatic nitrogens is 1. The van der Waals surface area contributed by atoms with Gasteiger partial charge in [0.15, 0.2) is 11.7 Å². The van der Waals surface area contributed by atoms with Crippen molar-refractivity contribution in [3.8, 4) is 5.75 Å². The fourth-order valence-electron chi connectivity index (χ4n) is 3.38. The summed E-state index contributed by atoms with van der Waals surface area (Å²) in [4.78, 5) is 6.75. The lowest BCUT2D eigenvalue weighted by Crippen LogP contribution is -2.51. The van der Waals surface area contributed by atoms with Gasteiger partial charge in [0.2, 0.25) is 0 Å². The molecule has 1 fully saturated rings. The number of rotatable bonds is 6. The highest BCUT2D eigenvalue weighted by Crippen LogP contribution is 2.24. The molecule has 1 saturated heterocycles. The molecule has 0 aliphatic carbocycles. The van der Waals surface area contributed by atoms with Crippen molar-refractivity contribution in [1.82, 2.24) is 15.8 Å². The summed E-state index contributed by atoms with van der Waals surface area (Å²) < 4.78 is 10.8. The summed E-state index contributed by atoms with van der Waals surface area (Å²) in [5.41, 5.74) is 2.16. The molecule has 2 heterocycles. The number of hydrogen-bond donors (Lipinski definition) is 2. The Bertz CT molecular complexity index is 787. The quantitative estimate of drug-likeness (QED) is 0.588. The largest absolute Gasteiger partial charge is 0.497 e. The zero-order valence-electron chi connectivity index (χ0n) is 17.2. The lowest BCUT2D eigenvalue weighted by atomic mass is 10.0. The van der Waals surface area contributed by atoms with Crippen LogP contribution in [0.15, 0.2) is 39.8 Å². The van der Waals surface area contributed by atoms with Crippen molar-refractivity contribution < 1.29 is 9.26 Å². The molecule has 7 nitrogen and oxygen atoms in total. The number of anilines is 1. The van der Waals surface area contributed by atoms with Crippen LogP contribution < -0.4 is 20.3 Å². The average Bonchev–Trinajstić information content (AvgIpc) is 3.21. The third-order valence-electron chi connectivity index (χ3n) is 5.00. The van der Waals surface area contributed by atoms with Gasteiger partial charge < -0.3 is 24.8 Å². The molecule has 1 aliphatic heterocycles. The summed E-state index contributed by atoms with van der Waals surface area (Å²) in [7, 11) is 3.49. The van der Waals surface area contributed by atoms with Crippen molar-refractivity contribution in [2.75, 3.05) is 32.1 Å². The predicted molar refractivity (Wildman–Crippen MR) is 112 cm³/mol. The van der Waals surface area contributed by atoms with Crippen LogP contribution in [-0.2, 0) is 6.54 Å². The first-order chi connectivity index (χ1) is 13.6. The molecule has 2 N–H and O–H groups in total. The lowest BCUT2D eigenvalue weighted by molar-refractivity contribution is 0.371. The Hall–Kier alpha value is -2.70. The zero-order valence-corrected chi connectivity index (χ0v) is 17.2. The molecule has 0 saturated carbocycles. The van der Waals surface area contributed by atoms with E-state index in [9.17, 15) is 0 Å². The van der Waals surface area contributed by atoms with Crippen LogP contribution in [0, 0.1) is 0 Å². The van der Waals surface area contributed by atoms with Gasteiger partial charge in [-0.25, -0.2) is 0 Å². The number of nitrogens with one attached hydrogen (secondary N) is 2. The second-order valence-corrected chi connectivity index (χ2v) is 7.43. The molecular weight excluding hydrogens is 354 g/mol. The van der Waals surface area contributed by atoms with E-state index in [0.717, 1.165) is 49.1 Å². The first kappa shape index (κ1) is 20.0. The highest BCUT2D eigenvalue weighted by atomic mass is 16.5. The van der Waals surface area contributed by atoms with Gasteiger partial charge >= 0.3 is 0 Å². The minimum absolute atomic E-state index is 0.326. The van der Waals surface area contributed by atoms with Gasteiger partial charge in [0.25, 0.3) is 0 Å². The van der Waals surface area contributed by atoms with Crippen LogP contribution in [-0.4, -0.2) is 44.4 Å². The smallest absolute Gasteiger partial charge is 0.191 e. The summed E-state index contributed by atoms with van der Waals surface area (Å²) in [5.74, 6) is 2.84. The van der Waals surface area contributed by atoms with Gasteiger partial charge in [-0.1, -0.05) is 25.1 Å². The van der Waals surface area contributed by atoms with E-state index in [4.69, 9.17) is 9.26 Å².